The summed E-state index contributed by atoms with van der Waals surface area (Å²) in [5, 5.41) is 9.56. The Balaban J connectivity index is 1.97. The predicted octanol–water partition coefficient (Wildman–Crippen LogP) is 1.49. The first kappa shape index (κ1) is 17.0. The van der Waals surface area contributed by atoms with Gasteiger partial charge in [0.2, 0.25) is 0 Å². The maximum atomic E-state index is 11.8. The molecule has 4 rings (SSSR count). The van der Waals surface area contributed by atoms with Crippen LogP contribution in [0.5, 0.6) is 0 Å². The zero-order chi connectivity index (χ0) is 19.5. The Morgan fingerprint density at radius 3 is 2.48 bits per heavy atom. The van der Waals surface area contributed by atoms with E-state index >= 15 is 0 Å². The van der Waals surface area contributed by atoms with Crippen molar-refractivity contribution in [3.05, 3.63) is 35.5 Å². The minimum atomic E-state index is -0.590. The summed E-state index contributed by atoms with van der Waals surface area (Å²) in [4.78, 5) is 21.0. The lowest BCUT2D eigenvalue weighted by Gasteiger charge is -2.05. The minimum Gasteiger partial charge on any atom is -0.364 e. The summed E-state index contributed by atoms with van der Waals surface area (Å²) >= 11 is 0. The molecule has 9 nitrogen and oxygen atoms in total. The summed E-state index contributed by atoms with van der Waals surface area (Å²) in [7, 11) is 5.61. The van der Waals surface area contributed by atoms with Crippen LogP contribution in [0.3, 0.4) is 0 Å². The molecule has 0 bridgehead atoms. The van der Waals surface area contributed by atoms with E-state index in [1.807, 2.05) is 50.4 Å². The third-order valence-electron chi connectivity index (χ3n) is 4.85. The smallest absolute Gasteiger partial charge is 0.267 e. The number of aromatic nitrogens is 7. The average molecular weight is 364 g/mol. The van der Waals surface area contributed by atoms with E-state index in [1.54, 1.807) is 16.9 Å². The van der Waals surface area contributed by atoms with Gasteiger partial charge in [-0.2, -0.15) is 10.2 Å². The number of rotatable bonds is 3. The zero-order valence-corrected chi connectivity index (χ0v) is 15.8. The molecule has 4 aromatic rings. The summed E-state index contributed by atoms with van der Waals surface area (Å²) in [6.45, 7) is 3.97. The van der Waals surface area contributed by atoms with Crippen LogP contribution in [0.4, 0.5) is 0 Å². The molecule has 0 aromatic carbocycles. The van der Waals surface area contributed by atoms with Crippen LogP contribution in [0.2, 0.25) is 0 Å². The molecular formula is C18H20N8O. The molecule has 9 heteroatoms. The van der Waals surface area contributed by atoms with Crippen LogP contribution in [-0.4, -0.2) is 40.0 Å². The van der Waals surface area contributed by atoms with Crippen LogP contribution in [0.1, 0.15) is 21.9 Å². The van der Waals surface area contributed by atoms with Crippen LogP contribution in [0.15, 0.2) is 18.5 Å². The topological polar surface area (TPSA) is 109 Å². The molecule has 4 heterocycles. The van der Waals surface area contributed by atoms with Gasteiger partial charge in [0.25, 0.3) is 5.91 Å². The molecule has 0 fully saturated rings. The van der Waals surface area contributed by atoms with E-state index < -0.39 is 5.91 Å². The first-order chi connectivity index (χ1) is 12.8. The number of fused-ring (bicyclic) bond motifs is 1. The van der Waals surface area contributed by atoms with Crippen LogP contribution >= 0.6 is 0 Å². The molecule has 0 spiro atoms. The van der Waals surface area contributed by atoms with E-state index in [9.17, 15) is 4.79 Å². The lowest BCUT2D eigenvalue weighted by atomic mass is 10.1. The molecule has 0 saturated carbocycles. The molecule has 0 aliphatic carbocycles. The Kier molecular flexibility index (Phi) is 3.62. The molecule has 138 valence electrons. The van der Waals surface area contributed by atoms with Crippen molar-refractivity contribution in [3.63, 3.8) is 0 Å². The lowest BCUT2D eigenvalue weighted by molar-refractivity contribution is 0.0996. The van der Waals surface area contributed by atoms with Crippen LogP contribution in [-0.2, 0) is 21.1 Å². The summed E-state index contributed by atoms with van der Waals surface area (Å²) < 4.78 is 5.41. The molecule has 4 aromatic heterocycles. The van der Waals surface area contributed by atoms with Gasteiger partial charge in [-0.05, 0) is 19.9 Å². The van der Waals surface area contributed by atoms with Gasteiger partial charge in [0, 0.05) is 44.0 Å². The highest BCUT2D eigenvalue weighted by Gasteiger charge is 2.21. The van der Waals surface area contributed by atoms with Gasteiger partial charge in [0.1, 0.15) is 11.4 Å². The van der Waals surface area contributed by atoms with Crippen LogP contribution in [0.25, 0.3) is 33.7 Å². The zero-order valence-electron chi connectivity index (χ0n) is 15.8. The third kappa shape index (κ3) is 2.50. The number of imidazole rings is 1. The highest BCUT2D eigenvalue weighted by atomic mass is 16.1. The first-order valence-corrected chi connectivity index (χ1v) is 8.44. The van der Waals surface area contributed by atoms with Gasteiger partial charge in [-0.1, -0.05) is 0 Å². The summed E-state index contributed by atoms with van der Waals surface area (Å²) in [6, 6.07) is 1.65. The fourth-order valence-corrected chi connectivity index (χ4v) is 3.39. The third-order valence-corrected chi connectivity index (χ3v) is 4.85. The normalized spacial score (nSPS) is 11.4. The Morgan fingerprint density at radius 2 is 1.85 bits per heavy atom. The fourth-order valence-electron chi connectivity index (χ4n) is 3.39. The van der Waals surface area contributed by atoms with E-state index in [2.05, 4.69) is 15.2 Å². The molecule has 0 aliphatic rings. The van der Waals surface area contributed by atoms with Gasteiger partial charge in [-0.15, -0.1) is 0 Å². The molecular weight excluding hydrogens is 344 g/mol. The predicted molar refractivity (Wildman–Crippen MR) is 101 cm³/mol. The molecule has 1 amide bonds. The van der Waals surface area contributed by atoms with Gasteiger partial charge >= 0.3 is 0 Å². The Bertz CT molecular complexity index is 1210. The number of primary amides is 1. The lowest BCUT2D eigenvalue weighted by Crippen LogP contribution is -2.14. The largest absolute Gasteiger partial charge is 0.364 e. The van der Waals surface area contributed by atoms with Gasteiger partial charge in [0.05, 0.1) is 23.1 Å². The maximum Gasteiger partial charge on any atom is 0.267 e. The second-order valence-corrected chi connectivity index (χ2v) is 6.65. The van der Waals surface area contributed by atoms with Crippen molar-refractivity contribution in [2.75, 3.05) is 0 Å². The second-order valence-electron chi connectivity index (χ2n) is 6.65. The summed E-state index contributed by atoms with van der Waals surface area (Å²) in [6.07, 6.45) is 3.66. The molecule has 0 saturated heterocycles. The molecule has 0 aliphatic heterocycles. The number of aryl methyl sites for hydroxylation is 4. The van der Waals surface area contributed by atoms with E-state index in [4.69, 9.17) is 10.7 Å². The van der Waals surface area contributed by atoms with Crippen LogP contribution < -0.4 is 5.73 Å². The van der Waals surface area contributed by atoms with Crippen molar-refractivity contribution in [1.29, 1.82) is 0 Å². The molecule has 2 N–H and O–H groups in total. The fraction of sp³-hybridized carbons (Fsp3) is 0.278. The SMILES string of the molecule is Cc1nn(C)c(C)c1-c1cn(C)c(-c2nc(C(N)=O)cc3c2cnn3C)n1. The first-order valence-electron chi connectivity index (χ1n) is 8.44. The van der Waals surface area contributed by atoms with Crippen molar-refractivity contribution in [1.82, 2.24) is 34.1 Å². The Hall–Kier alpha value is -3.49. The monoisotopic (exact) mass is 364 g/mol. The maximum absolute atomic E-state index is 11.8. The molecule has 0 unspecified atom stereocenters. The number of carbonyl (C=O) groups excluding carboxylic acids is 1. The van der Waals surface area contributed by atoms with Gasteiger partial charge in [-0.25, -0.2) is 9.97 Å². The van der Waals surface area contributed by atoms with Gasteiger partial charge in [-0.3, -0.25) is 14.2 Å². The van der Waals surface area contributed by atoms with Crippen molar-refractivity contribution >= 4 is 16.8 Å². The number of amides is 1. The van der Waals surface area contributed by atoms with Crippen molar-refractivity contribution in [3.8, 4) is 22.8 Å². The Labute approximate surface area is 155 Å². The average Bonchev–Trinajstić information content (AvgIpc) is 3.24. The number of carbonyl (C=O) groups is 1. The van der Waals surface area contributed by atoms with Crippen molar-refractivity contribution in [2.24, 2.45) is 26.9 Å². The standard InChI is InChI=1S/C18H20N8O/c1-9-15(10(2)25(4)23-9)13-8-24(3)18(22-13)16-11-7-20-26(5)14(11)6-12(21-16)17(19)27/h6-8H,1-5H3,(H2,19,27). The second kappa shape index (κ2) is 5.76. The van der Waals surface area contributed by atoms with E-state index in [-0.39, 0.29) is 5.69 Å². The highest BCUT2D eigenvalue weighted by Crippen LogP contribution is 2.31. The quantitative estimate of drug-likeness (QED) is 0.592. The van der Waals surface area contributed by atoms with E-state index in [0.717, 1.165) is 33.5 Å². The highest BCUT2D eigenvalue weighted by molar-refractivity contribution is 5.99. The number of pyridine rings is 1. The van der Waals surface area contributed by atoms with Crippen molar-refractivity contribution < 1.29 is 4.79 Å². The number of hydrogen-bond donors (Lipinski definition) is 1. The minimum absolute atomic E-state index is 0.180. The summed E-state index contributed by atoms with van der Waals surface area (Å²) in [5.74, 6) is 0.0430. The van der Waals surface area contributed by atoms with Gasteiger partial charge in [0.15, 0.2) is 5.82 Å². The molecule has 0 atom stereocenters. The van der Waals surface area contributed by atoms with E-state index in [0.29, 0.717) is 11.5 Å². The number of nitrogens with zero attached hydrogens (tertiary/aromatic N) is 7. The van der Waals surface area contributed by atoms with Gasteiger partial charge < -0.3 is 10.3 Å². The van der Waals surface area contributed by atoms with Crippen LogP contribution in [0, 0.1) is 13.8 Å². The summed E-state index contributed by atoms with van der Waals surface area (Å²) in [5.41, 5.74) is 10.7. The number of hydrogen-bond acceptors (Lipinski definition) is 5. The Morgan fingerprint density at radius 1 is 1.11 bits per heavy atom. The van der Waals surface area contributed by atoms with Crippen molar-refractivity contribution in [2.45, 2.75) is 13.8 Å². The molecule has 0 radical (unpaired) electrons. The molecule has 27 heavy (non-hydrogen) atoms. The van der Waals surface area contributed by atoms with E-state index in [1.165, 1.54) is 0 Å². The number of nitrogens with two attached hydrogens (primary N) is 1.